The normalized spacial score (nSPS) is 18.2. The lowest BCUT2D eigenvalue weighted by molar-refractivity contribution is -0.120. The van der Waals surface area contributed by atoms with Gasteiger partial charge in [-0.3, -0.25) is 4.79 Å². The van der Waals surface area contributed by atoms with E-state index >= 15 is 0 Å². The Labute approximate surface area is 98.1 Å². The summed E-state index contributed by atoms with van der Waals surface area (Å²) in [6, 6.07) is 0.722. The molecule has 0 heterocycles. The molecule has 2 N–H and O–H groups in total. The van der Waals surface area contributed by atoms with E-state index in [1.807, 2.05) is 0 Å². The Morgan fingerprint density at radius 3 is 2.62 bits per heavy atom. The lowest BCUT2D eigenvalue weighted by Crippen LogP contribution is -2.41. The molecule has 0 aromatic heterocycles. The van der Waals surface area contributed by atoms with Gasteiger partial charge < -0.3 is 15.4 Å². The van der Waals surface area contributed by atoms with Crippen LogP contribution in [0.2, 0.25) is 0 Å². The fraction of sp³-hybridized carbons (Fsp3) is 0.917. The standard InChI is InChI=1S/C12H24N2O2/c1-9(7-12(2,3)16-4)13-8-11(15)14-10-5-6-10/h9-10,13H,5-8H2,1-4H3,(H,14,15). The quantitative estimate of drug-likeness (QED) is 0.685. The molecule has 1 aliphatic rings. The molecule has 1 saturated carbocycles. The molecule has 0 saturated heterocycles. The Morgan fingerprint density at radius 2 is 2.12 bits per heavy atom. The van der Waals surface area contributed by atoms with E-state index in [2.05, 4.69) is 31.4 Å². The maximum Gasteiger partial charge on any atom is 0.234 e. The molecule has 1 amide bonds. The third-order valence-electron chi connectivity index (χ3n) is 2.90. The van der Waals surface area contributed by atoms with Gasteiger partial charge in [0.05, 0.1) is 12.1 Å². The largest absolute Gasteiger partial charge is 0.379 e. The highest BCUT2D eigenvalue weighted by atomic mass is 16.5. The van der Waals surface area contributed by atoms with Crippen molar-refractivity contribution in [2.75, 3.05) is 13.7 Å². The van der Waals surface area contributed by atoms with Crippen LogP contribution < -0.4 is 10.6 Å². The lowest BCUT2D eigenvalue weighted by Gasteiger charge is -2.27. The number of nitrogens with one attached hydrogen (secondary N) is 2. The molecule has 1 aliphatic carbocycles. The molecule has 0 spiro atoms. The van der Waals surface area contributed by atoms with Crippen LogP contribution >= 0.6 is 0 Å². The lowest BCUT2D eigenvalue weighted by atomic mass is 10.00. The summed E-state index contributed by atoms with van der Waals surface area (Å²) in [5.74, 6) is 0.101. The molecule has 1 fully saturated rings. The number of rotatable bonds is 7. The number of ether oxygens (including phenoxy) is 1. The van der Waals surface area contributed by atoms with Crippen molar-refractivity contribution in [2.24, 2.45) is 0 Å². The maximum absolute atomic E-state index is 11.4. The highest BCUT2D eigenvalue weighted by Gasteiger charge is 2.24. The van der Waals surface area contributed by atoms with E-state index in [0.29, 0.717) is 12.6 Å². The fourth-order valence-corrected chi connectivity index (χ4v) is 1.67. The van der Waals surface area contributed by atoms with Gasteiger partial charge in [0.15, 0.2) is 0 Å². The molecular weight excluding hydrogens is 204 g/mol. The van der Waals surface area contributed by atoms with Crippen LogP contribution in [0.25, 0.3) is 0 Å². The van der Waals surface area contributed by atoms with E-state index in [9.17, 15) is 4.79 Å². The summed E-state index contributed by atoms with van der Waals surface area (Å²) < 4.78 is 5.35. The minimum atomic E-state index is -0.139. The first-order valence-corrected chi connectivity index (χ1v) is 6.01. The summed E-state index contributed by atoms with van der Waals surface area (Å²) in [6.45, 7) is 6.58. The number of hydrogen-bond donors (Lipinski definition) is 2. The van der Waals surface area contributed by atoms with E-state index in [-0.39, 0.29) is 17.6 Å². The smallest absolute Gasteiger partial charge is 0.234 e. The molecule has 4 nitrogen and oxygen atoms in total. The van der Waals surface area contributed by atoms with Gasteiger partial charge in [0, 0.05) is 19.2 Å². The van der Waals surface area contributed by atoms with E-state index in [4.69, 9.17) is 4.74 Å². The Balaban J connectivity index is 2.13. The second-order valence-electron chi connectivity index (χ2n) is 5.29. The Hall–Kier alpha value is -0.610. The van der Waals surface area contributed by atoms with Crippen LogP contribution in [0.3, 0.4) is 0 Å². The van der Waals surface area contributed by atoms with Crippen molar-refractivity contribution in [1.82, 2.24) is 10.6 Å². The number of hydrogen-bond acceptors (Lipinski definition) is 3. The molecular formula is C12H24N2O2. The molecule has 1 atom stereocenters. The van der Waals surface area contributed by atoms with Gasteiger partial charge in [-0.25, -0.2) is 0 Å². The zero-order chi connectivity index (χ0) is 12.2. The predicted molar refractivity (Wildman–Crippen MR) is 64.3 cm³/mol. The third kappa shape index (κ3) is 5.47. The average molecular weight is 228 g/mol. The Morgan fingerprint density at radius 1 is 1.50 bits per heavy atom. The zero-order valence-corrected chi connectivity index (χ0v) is 10.8. The van der Waals surface area contributed by atoms with Gasteiger partial charge in [-0.15, -0.1) is 0 Å². The highest BCUT2D eigenvalue weighted by molar-refractivity contribution is 5.78. The van der Waals surface area contributed by atoms with Gasteiger partial charge in [-0.2, -0.15) is 0 Å². The summed E-state index contributed by atoms with van der Waals surface area (Å²) in [5, 5.41) is 6.17. The molecule has 1 rings (SSSR count). The summed E-state index contributed by atoms with van der Waals surface area (Å²) in [4.78, 5) is 11.4. The van der Waals surface area contributed by atoms with Crippen LogP contribution in [-0.4, -0.2) is 37.2 Å². The Kier molecular flexibility index (Phi) is 4.74. The molecule has 1 unspecified atom stereocenters. The Bertz CT molecular complexity index is 237. The van der Waals surface area contributed by atoms with Crippen molar-refractivity contribution < 1.29 is 9.53 Å². The number of methoxy groups -OCH3 is 1. The molecule has 0 aromatic carbocycles. The van der Waals surface area contributed by atoms with E-state index in [1.165, 1.54) is 0 Å². The van der Waals surface area contributed by atoms with Crippen molar-refractivity contribution >= 4 is 5.91 Å². The van der Waals surface area contributed by atoms with Gasteiger partial charge in [0.1, 0.15) is 0 Å². The van der Waals surface area contributed by atoms with Crippen LogP contribution in [0.1, 0.15) is 40.0 Å². The topological polar surface area (TPSA) is 50.4 Å². The van der Waals surface area contributed by atoms with E-state index < -0.39 is 0 Å². The number of amides is 1. The minimum absolute atomic E-state index is 0.101. The van der Waals surface area contributed by atoms with Crippen molar-refractivity contribution in [3.8, 4) is 0 Å². The molecule has 0 radical (unpaired) electrons. The molecule has 0 aliphatic heterocycles. The van der Waals surface area contributed by atoms with Gasteiger partial charge >= 0.3 is 0 Å². The summed E-state index contributed by atoms with van der Waals surface area (Å²) in [5.41, 5.74) is -0.139. The van der Waals surface area contributed by atoms with Crippen LogP contribution in [0.15, 0.2) is 0 Å². The first-order valence-electron chi connectivity index (χ1n) is 6.01. The molecule has 16 heavy (non-hydrogen) atoms. The van der Waals surface area contributed by atoms with E-state index in [0.717, 1.165) is 19.3 Å². The van der Waals surface area contributed by atoms with Gasteiger partial charge in [-0.1, -0.05) is 0 Å². The predicted octanol–water partition coefficient (Wildman–Crippen LogP) is 1.06. The summed E-state index contributed by atoms with van der Waals surface area (Å²) in [7, 11) is 1.71. The molecule has 4 heteroatoms. The van der Waals surface area contributed by atoms with Gasteiger partial charge in [0.2, 0.25) is 5.91 Å². The first-order chi connectivity index (χ1) is 7.43. The molecule has 0 bridgehead atoms. The van der Waals surface area contributed by atoms with Crippen molar-refractivity contribution in [2.45, 2.75) is 57.7 Å². The van der Waals surface area contributed by atoms with Crippen molar-refractivity contribution in [1.29, 1.82) is 0 Å². The van der Waals surface area contributed by atoms with Crippen LogP contribution in [0.5, 0.6) is 0 Å². The van der Waals surface area contributed by atoms with Gasteiger partial charge in [-0.05, 0) is 40.0 Å². The zero-order valence-electron chi connectivity index (χ0n) is 10.8. The number of carbonyl (C=O) groups is 1. The van der Waals surface area contributed by atoms with Crippen molar-refractivity contribution in [3.05, 3.63) is 0 Å². The van der Waals surface area contributed by atoms with Gasteiger partial charge in [0.25, 0.3) is 0 Å². The first kappa shape index (κ1) is 13.5. The third-order valence-corrected chi connectivity index (χ3v) is 2.90. The second-order valence-corrected chi connectivity index (χ2v) is 5.29. The molecule has 0 aromatic rings. The van der Waals surface area contributed by atoms with Crippen LogP contribution in [-0.2, 0) is 9.53 Å². The SMILES string of the molecule is COC(C)(C)CC(C)NCC(=O)NC1CC1. The molecule has 94 valence electrons. The minimum Gasteiger partial charge on any atom is -0.379 e. The fourth-order valence-electron chi connectivity index (χ4n) is 1.67. The summed E-state index contributed by atoms with van der Waals surface area (Å²) >= 11 is 0. The second kappa shape index (κ2) is 5.64. The van der Waals surface area contributed by atoms with Crippen LogP contribution in [0, 0.1) is 0 Å². The monoisotopic (exact) mass is 228 g/mol. The highest BCUT2D eigenvalue weighted by Crippen LogP contribution is 2.18. The maximum atomic E-state index is 11.4. The number of carbonyl (C=O) groups excluding carboxylic acids is 1. The van der Waals surface area contributed by atoms with E-state index in [1.54, 1.807) is 7.11 Å². The van der Waals surface area contributed by atoms with Crippen molar-refractivity contribution in [3.63, 3.8) is 0 Å². The van der Waals surface area contributed by atoms with Crippen LogP contribution in [0.4, 0.5) is 0 Å². The average Bonchev–Trinajstić information content (AvgIpc) is 2.98. The summed E-state index contributed by atoms with van der Waals surface area (Å²) in [6.07, 6.45) is 3.16.